The average Bonchev–Trinajstić information content (AvgIpc) is 2.66. The largest absolute Gasteiger partial charge is 0.342 e. The molecule has 0 aromatic carbocycles. The number of unbranched alkanes of at least 4 members (excludes halogenated alkanes) is 1. The number of hydrogen-bond donors (Lipinski definition) is 0. The van der Waals surface area contributed by atoms with Crippen LogP contribution in [0, 0.1) is 5.41 Å². The van der Waals surface area contributed by atoms with Crippen LogP contribution in [0.2, 0.25) is 0 Å². The Hall–Kier alpha value is -0.530. The molecule has 0 aliphatic carbocycles. The van der Waals surface area contributed by atoms with Gasteiger partial charge in [0.05, 0.1) is 0 Å². The van der Waals surface area contributed by atoms with Crippen LogP contribution in [0.4, 0.5) is 0 Å². The fourth-order valence-corrected chi connectivity index (χ4v) is 2.07. The molecular weight excluding hydrogens is 174 g/mol. The van der Waals surface area contributed by atoms with Crippen LogP contribution >= 0.6 is 0 Å². The van der Waals surface area contributed by atoms with E-state index < -0.39 is 0 Å². The summed E-state index contributed by atoms with van der Waals surface area (Å²) in [6, 6.07) is 0. The predicted molar refractivity (Wildman–Crippen MR) is 59.1 cm³/mol. The molecule has 1 heterocycles. The summed E-state index contributed by atoms with van der Waals surface area (Å²) in [5.74, 6) is 0.364. The van der Waals surface area contributed by atoms with Crippen LogP contribution in [-0.4, -0.2) is 23.9 Å². The molecule has 1 saturated heterocycles. The molecule has 1 rings (SSSR count). The highest BCUT2D eigenvalue weighted by atomic mass is 16.2. The maximum atomic E-state index is 12.1. The molecular formula is C12H23NO. The maximum absolute atomic E-state index is 12.1. The first-order valence-corrected chi connectivity index (χ1v) is 5.87. The monoisotopic (exact) mass is 197 g/mol. The number of carbonyl (C=O) groups is 1. The van der Waals surface area contributed by atoms with Crippen LogP contribution in [-0.2, 0) is 4.79 Å². The maximum Gasteiger partial charge on any atom is 0.228 e. The van der Waals surface area contributed by atoms with Crippen molar-refractivity contribution >= 4 is 5.91 Å². The fraction of sp³-hybridized carbons (Fsp3) is 0.917. The highest BCUT2D eigenvalue weighted by Crippen LogP contribution is 2.27. The van der Waals surface area contributed by atoms with Gasteiger partial charge in [0.2, 0.25) is 5.91 Å². The van der Waals surface area contributed by atoms with Crippen molar-refractivity contribution in [3.63, 3.8) is 0 Å². The quantitative estimate of drug-likeness (QED) is 0.678. The van der Waals surface area contributed by atoms with Crippen LogP contribution in [0.15, 0.2) is 0 Å². The molecule has 0 aromatic rings. The van der Waals surface area contributed by atoms with Crippen molar-refractivity contribution in [2.24, 2.45) is 5.41 Å². The summed E-state index contributed by atoms with van der Waals surface area (Å²) in [6.07, 6.45) is 5.74. The van der Waals surface area contributed by atoms with Crippen LogP contribution in [0.5, 0.6) is 0 Å². The van der Waals surface area contributed by atoms with E-state index in [9.17, 15) is 4.79 Å². The molecule has 0 bridgehead atoms. The van der Waals surface area contributed by atoms with E-state index in [0.717, 1.165) is 25.9 Å². The molecule has 2 heteroatoms. The lowest BCUT2D eigenvalue weighted by atomic mass is 9.86. The van der Waals surface area contributed by atoms with Crippen molar-refractivity contribution in [2.45, 2.75) is 52.9 Å². The van der Waals surface area contributed by atoms with E-state index in [0.29, 0.717) is 5.91 Å². The summed E-state index contributed by atoms with van der Waals surface area (Å²) in [5.41, 5.74) is -0.139. The Morgan fingerprint density at radius 2 is 1.86 bits per heavy atom. The summed E-state index contributed by atoms with van der Waals surface area (Å²) in [6.45, 7) is 8.31. The predicted octanol–water partition coefficient (Wildman–Crippen LogP) is 2.83. The summed E-state index contributed by atoms with van der Waals surface area (Å²) in [4.78, 5) is 14.1. The topological polar surface area (TPSA) is 20.3 Å². The van der Waals surface area contributed by atoms with Gasteiger partial charge in [-0.1, -0.05) is 33.6 Å². The number of hydrogen-bond acceptors (Lipinski definition) is 1. The zero-order chi connectivity index (χ0) is 10.6. The van der Waals surface area contributed by atoms with Crippen LogP contribution in [0.3, 0.4) is 0 Å². The van der Waals surface area contributed by atoms with Gasteiger partial charge in [0.25, 0.3) is 0 Å². The van der Waals surface area contributed by atoms with Gasteiger partial charge < -0.3 is 4.90 Å². The van der Waals surface area contributed by atoms with Crippen LogP contribution < -0.4 is 0 Å². The highest BCUT2D eigenvalue weighted by molar-refractivity contribution is 5.82. The number of likely N-dealkylation sites (tertiary alicyclic amines) is 1. The zero-order valence-corrected chi connectivity index (χ0v) is 9.81. The lowest BCUT2D eigenvalue weighted by Crippen LogP contribution is -2.39. The second kappa shape index (κ2) is 4.81. The normalized spacial score (nSPS) is 17.5. The van der Waals surface area contributed by atoms with Crippen molar-refractivity contribution in [3.05, 3.63) is 0 Å². The molecule has 0 spiro atoms. The summed E-state index contributed by atoms with van der Waals surface area (Å²) >= 11 is 0. The minimum absolute atomic E-state index is 0.139. The Kier molecular flexibility index (Phi) is 3.97. The molecule has 0 unspecified atom stereocenters. The third-order valence-corrected chi connectivity index (χ3v) is 3.13. The molecule has 0 saturated carbocycles. The Balaban J connectivity index is 2.47. The molecule has 0 radical (unpaired) electrons. The Labute approximate surface area is 87.7 Å². The average molecular weight is 197 g/mol. The molecule has 82 valence electrons. The second-order valence-electron chi connectivity index (χ2n) is 4.99. The van der Waals surface area contributed by atoms with Crippen molar-refractivity contribution in [3.8, 4) is 0 Å². The third kappa shape index (κ3) is 2.73. The van der Waals surface area contributed by atoms with Gasteiger partial charge in [0, 0.05) is 18.5 Å². The third-order valence-electron chi connectivity index (χ3n) is 3.13. The van der Waals surface area contributed by atoms with E-state index in [4.69, 9.17) is 0 Å². The van der Waals surface area contributed by atoms with E-state index in [1.54, 1.807) is 0 Å². The zero-order valence-electron chi connectivity index (χ0n) is 9.81. The van der Waals surface area contributed by atoms with E-state index in [1.807, 2.05) is 4.90 Å². The van der Waals surface area contributed by atoms with Gasteiger partial charge in [0.15, 0.2) is 0 Å². The van der Waals surface area contributed by atoms with E-state index in [2.05, 4.69) is 20.8 Å². The fourth-order valence-electron chi connectivity index (χ4n) is 2.07. The molecule has 1 fully saturated rings. The lowest BCUT2D eigenvalue weighted by molar-refractivity contribution is -0.139. The molecule has 14 heavy (non-hydrogen) atoms. The van der Waals surface area contributed by atoms with Crippen LogP contribution in [0.25, 0.3) is 0 Å². The van der Waals surface area contributed by atoms with E-state index in [-0.39, 0.29) is 5.41 Å². The van der Waals surface area contributed by atoms with Crippen molar-refractivity contribution in [2.75, 3.05) is 13.1 Å². The minimum atomic E-state index is -0.139. The van der Waals surface area contributed by atoms with Gasteiger partial charge >= 0.3 is 0 Å². The van der Waals surface area contributed by atoms with Gasteiger partial charge in [-0.2, -0.15) is 0 Å². The summed E-state index contributed by atoms with van der Waals surface area (Å²) in [5, 5.41) is 0. The van der Waals surface area contributed by atoms with Crippen molar-refractivity contribution in [1.82, 2.24) is 4.90 Å². The number of carbonyl (C=O) groups excluding carboxylic acids is 1. The molecule has 1 aliphatic rings. The molecule has 1 amide bonds. The van der Waals surface area contributed by atoms with Crippen molar-refractivity contribution < 1.29 is 4.79 Å². The van der Waals surface area contributed by atoms with Gasteiger partial charge in [0.1, 0.15) is 0 Å². The second-order valence-corrected chi connectivity index (χ2v) is 4.99. The molecule has 2 nitrogen and oxygen atoms in total. The first-order chi connectivity index (χ1) is 6.58. The Morgan fingerprint density at radius 1 is 1.29 bits per heavy atom. The van der Waals surface area contributed by atoms with E-state index in [1.165, 1.54) is 19.3 Å². The number of rotatable bonds is 4. The summed E-state index contributed by atoms with van der Waals surface area (Å²) in [7, 11) is 0. The first-order valence-electron chi connectivity index (χ1n) is 5.87. The molecule has 0 aromatic heterocycles. The smallest absolute Gasteiger partial charge is 0.228 e. The van der Waals surface area contributed by atoms with Crippen molar-refractivity contribution in [1.29, 1.82) is 0 Å². The van der Waals surface area contributed by atoms with Gasteiger partial charge in [-0.15, -0.1) is 0 Å². The Morgan fingerprint density at radius 3 is 2.36 bits per heavy atom. The molecule has 0 atom stereocenters. The highest BCUT2D eigenvalue weighted by Gasteiger charge is 2.32. The molecule has 0 N–H and O–H groups in total. The lowest BCUT2D eigenvalue weighted by Gasteiger charge is -2.29. The first kappa shape index (κ1) is 11.5. The van der Waals surface area contributed by atoms with Gasteiger partial charge in [-0.05, 0) is 19.3 Å². The van der Waals surface area contributed by atoms with Crippen LogP contribution in [0.1, 0.15) is 52.9 Å². The summed E-state index contributed by atoms with van der Waals surface area (Å²) < 4.78 is 0. The van der Waals surface area contributed by atoms with E-state index >= 15 is 0 Å². The van der Waals surface area contributed by atoms with Gasteiger partial charge in [-0.3, -0.25) is 4.79 Å². The SMILES string of the molecule is CCCCC(C)(C)C(=O)N1CCCC1. The standard InChI is InChI=1S/C12H23NO/c1-4-5-8-12(2,3)11(14)13-9-6-7-10-13/h4-10H2,1-3H3. The molecule has 1 aliphatic heterocycles. The minimum Gasteiger partial charge on any atom is -0.342 e. The Bertz CT molecular complexity index is 192. The number of amides is 1. The van der Waals surface area contributed by atoms with Gasteiger partial charge in [-0.25, -0.2) is 0 Å². The number of nitrogens with zero attached hydrogens (tertiary/aromatic N) is 1.